The number of nitrogens with one attached hydrogen (secondary N) is 1. The van der Waals surface area contributed by atoms with Gasteiger partial charge in [-0.25, -0.2) is 8.42 Å². The third-order valence-electron chi connectivity index (χ3n) is 3.77. The molecule has 5 heteroatoms. The highest BCUT2D eigenvalue weighted by Gasteiger charge is 2.15. The van der Waals surface area contributed by atoms with Gasteiger partial charge in [-0.05, 0) is 53.9 Å². The lowest BCUT2D eigenvalue weighted by molar-refractivity contribution is 0.601. The molecule has 0 aliphatic heterocycles. The molecule has 0 bridgehead atoms. The molecule has 3 rings (SSSR count). The molecule has 0 amide bonds. The number of nitrogens with two attached hydrogens (primary N) is 1. The summed E-state index contributed by atoms with van der Waals surface area (Å²) in [5.41, 5.74) is 9.78. The van der Waals surface area contributed by atoms with Crippen LogP contribution in [-0.2, 0) is 10.0 Å². The molecule has 0 heterocycles. The van der Waals surface area contributed by atoms with Gasteiger partial charge < -0.3 is 5.73 Å². The van der Waals surface area contributed by atoms with Crippen LogP contribution in [0.15, 0.2) is 77.7 Å². The van der Waals surface area contributed by atoms with Gasteiger partial charge in [0.1, 0.15) is 0 Å². The molecule has 0 aliphatic carbocycles. The normalized spacial score (nSPS) is 11.2. The standard InChI is InChI=1S/C19H18N2O2S/c1-14-5-2-3-8-19(14)21-24(22,23)18-11-9-15(10-12-18)16-6-4-7-17(20)13-16/h2-13,21H,20H2,1H3. The lowest BCUT2D eigenvalue weighted by Crippen LogP contribution is -2.13. The Morgan fingerprint density at radius 3 is 2.21 bits per heavy atom. The SMILES string of the molecule is Cc1ccccc1NS(=O)(=O)c1ccc(-c2cccc(N)c2)cc1. The number of hydrogen-bond acceptors (Lipinski definition) is 3. The summed E-state index contributed by atoms with van der Waals surface area (Å²) in [5.74, 6) is 0. The molecule has 0 saturated heterocycles. The largest absolute Gasteiger partial charge is 0.399 e. The molecule has 0 aliphatic rings. The van der Waals surface area contributed by atoms with Crippen LogP contribution in [-0.4, -0.2) is 8.42 Å². The number of sulfonamides is 1. The lowest BCUT2D eigenvalue weighted by atomic mass is 10.1. The van der Waals surface area contributed by atoms with Gasteiger partial charge in [0.05, 0.1) is 10.6 Å². The van der Waals surface area contributed by atoms with Crippen molar-refractivity contribution in [2.45, 2.75) is 11.8 Å². The molecule has 0 aromatic heterocycles. The first-order valence-corrected chi connectivity index (χ1v) is 8.98. The Morgan fingerprint density at radius 2 is 1.54 bits per heavy atom. The molecular weight excluding hydrogens is 320 g/mol. The molecule has 0 radical (unpaired) electrons. The molecule has 0 unspecified atom stereocenters. The van der Waals surface area contributed by atoms with Gasteiger partial charge in [0.25, 0.3) is 10.0 Å². The van der Waals surface area contributed by atoms with Gasteiger partial charge in [-0.2, -0.15) is 0 Å². The fraction of sp³-hybridized carbons (Fsp3) is 0.0526. The second-order valence-electron chi connectivity index (χ2n) is 5.57. The Balaban J connectivity index is 1.88. The summed E-state index contributed by atoms with van der Waals surface area (Å²) < 4.78 is 27.7. The van der Waals surface area contributed by atoms with E-state index in [-0.39, 0.29) is 4.90 Å². The van der Waals surface area contributed by atoms with Crippen LogP contribution < -0.4 is 10.5 Å². The van der Waals surface area contributed by atoms with Crippen molar-refractivity contribution >= 4 is 21.4 Å². The highest BCUT2D eigenvalue weighted by Crippen LogP contribution is 2.24. The summed E-state index contributed by atoms with van der Waals surface area (Å²) in [6.07, 6.45) is 0. The monoisotopic (exact) mass is 338 g/mol. The smallest absolute Gasteiger partial charge is 0.261 e. The van der Waals surface area contributed by atoms with Crippen LogP contribution in [0.2, 0.25) is 0 Å². The summed E-state index contributed by atoms with van der Waals surface area (Å²) in [6, 6.07) is 21.5. The lowest BCUT2D eigenvalue weighted by Gasteiger charge is -2.11. The van der Waals surface area contributed by atoms with Crippen molar-refractivity contribution in [2.24, 2.45) is 0 Å². The summed E-state index contributed by atoms with van der Waals surface area (Å²) in [5, 5.41) is 0. The fourth-order valence-electron chi connectivity index (χ4n) is 2.44. The number of hydrogen-bond donors (Lipinski definition) is 2. The van der Waals surface area contributed by atoms with E-state index in [4.69, 9.17) is 5.73 Å². The van der Waals surface area contributed by atoms with E-state index in [1.54, 1.807) is 36.4 Å². The third-order valence-corrected chi connectivity index (χ3v) is 5.16. The Kier molecular flexibility index (Phi) is 4.27. The van der Waals surface area contributed by atoms with E-state index in [0.29, 0.717) is 11.4 Å². The molecule has 0 saturated carbocycles. The zero-order chi connectivity index (χ0) is 17.2. The van der Waals surface area contributed by atoms with Gasteiger partial charge in [0, 0.05) is 5.69 Å². The summed E-state index contributed by atoms with van der Waals surface area (Å²) in [6.45, 7) is 1.86. The second-order valence-corrected chi connectivity index (χ2v) is 7.25. The molecule has 3 aromatic rings. The minimum atomic E-state index is -3.62. The predicted molar refractivity (Wildman–Crippen MR) is 98.3 cm³/mol. The van der Waals surface area contributed by atoms with Crippen LogP contribution >= 0.6 is 0 Å². The van der Waals surface area contributed by atoms with Crippen LogP contribution in [0, 0.1) is 6.92 Å². The van der Waals surface area contributed by atoms with Crippen molar-refractivity contribution in [3.05, 3.63) is 78.4 Å². The van der Waals surface area contributed by atoms with Gasteiger partial charge in [-0.3, -0.25) is 4.72 Å². The summed E-state index contributed by atoms with van der Waals surface area (Å²) >= 11 is 0. The van der Waals surface area contributed by atoms with Crippen molar-refractivity contribution in [3.63, 3.8) is 0 Å². The maximum Gasteiger partial charge on any atom is 0.261 e. The first-order valence-electron chi connectivity index (χ1n) is 7.50. The van der Waals surface area contributed by atoms with Crippen molar-refractivity contribution in [2.75, 3.05) is 10.5 Å². The van der Waals surface area contributed by atoms with E-state index in [9.17, 15) is 8.42 Å². The Morgan fingerprint density at radius 1 is 0.833 bits per heavy atom. The quantitative estimate of drug-likeness (QED) is 0.705. The molecular formula is C19H18N2O2S. The van der Waals surface area contributed by atoms with E-state index < -0.39 is 10.0 Å². The molecule has 4 nitrogen and oxygen atoms in total. The van der Waals surface area contributed by atoms with E-state index in [2.05, 4.69) is 4.72 Å². The summed E-state index contributed by atoms with van der Waals surface area (Å²) in [4.78, 5) is 0.221. The number of anilines is 2. The van der Waals surface area contributed by atoms with Crippen molar-refractivity contribution in [1.29, 1.82) is 0 Å². The number of para-hydroxylation sites is 1. The molecule has 24 heavy (non-hydrogen) atoms. The number of nitrogen functional groups attached to an aromatic ring is 1. The van der Waals surface area contributed by atoms with Gasteiger partial charge >= 0.3 is 0 Å². The molecule has 122 valence electrons. The van der Waals surface area contributed by atoms with E-state index in [1.807, 2.05) is 43.3 Å². The first kappa shape index (κ1) is 16.1. The maximum absolute atomic E-state index is 12.5. The average Bonchev–Trinajstić information content (AvgIpc) is 2.57. The van der Waals surface area contributed by atoms with E-state index in [1.165, 1.54) is 0 Å². The second kappa shape index (κ2) is 6.37. The first-order chi connectivity index (χ1) is 11.5. The average molecular weight is 338 g/mol. The Labute approximate surface area is 142 Å². The molecule has 3 N–H and O–H groups in total. The molecule has 0 fully saturated rings. The summed E-state index contributed by atoms with van der Waals surface area (Å²) in [7, 11) is -3.62. The zero-order valence-electron chi connectivity index (χ0n) is 13.2. The van der Waals surface area contributed by atoms with Crippen LogP contribution in [0.5, 0.6) is 0 Å². The van der Waals surface area contributed by atoms with Crippen LogP contribution in [0.3, 0.4) is 0 Å². The van der Waals surface area contributed by atoms with Crippen LogP contribution in [0.4, 0.5) is 11.4 Å². The predicted octanol–water partition coefficient (Wildman–Crippen LogP) is 4.05. The van der Waals surface area contributed by atoms with Gasteiger partial charge in [-0.15, -0.1) is 0 Å². The molecule has 0 atom stereocenters. The van der Waals surface area contributed by atoms with Crippen molar-refractivity contribution in [1.82, 2.24) is 0 Å². The highest BCUT2D eigenvalue weighted by molar-refractivity contribution is 7.92. The third kappa shape index (κ3) is 3.41. The number of rotatable bonds is 4. The van der Waals surface area contributed by atoms with Crippen LogP contribution in [0.1, 0.15) is 5.56 Å². The Bertz CT molecular complexity index is 965. The van der Waals surface area contributed by atoms with Crippen molar-refractivity contribution < 1.29 is 8.42 Å². The van der Waals surface area contributed by atoms with E-state index >= 15 is 0 Å². The minimum absolute atomic E-state index is 0.221. The zero-order valence-corrected chi connectivity index (χ0v) is 14.0. The van der Waals surface area contributed by atoms with E-state index in [0.717, 1.165) is 16.7 Å². The van der Waals surface area contributed by atoms with Gasteiger partial charge in [0.15, 0.2) is 0 Å². The van der Waals surface area contributed by atoms with Gasteiger partial charge in [-0.1, -0.05) is 42.5 Å². The van der Waals surface area contributed by atoms with Gasteiger partial charge in [0.2, 0.25) is 0 Å². The number of benzene rings is 3. The topological polar surface area (TPSA) is 72.2 Å². The van der Waals surface area contributed by atoms with Crippen molar-refractivity contribution in [3.8, 4) is 11.1 Å². The Hall–Kier alpha value is -2.79. The molecule has 3 aromatic carbocycles. The maximum atomic E-state index is 12.5. The highest BCUT2D eigenvalue weighted by atomic mass is 32.2. The molecule has 0 spiro atoms. The van der Waals surface area contributed by atoms with Crippen LogP contribution in [0.25, 0.3) is 11.1 Å². The number of aryl methyl sites for hydroxylation is 1. The minimum Gasteiger partial charge on any atom is -0.399 e. The fourth-order valence-corrected chi connectivity index (χ4v) is 3.57.